The van der Waals surface area contributed by atoms with E-state index in [0.29, 0.717) is 15.8 Å². The lowest BCUT2D eigenvalue weighted by Crippen LogP contribution is -2.07. The zero-order chi connectivity index (χ0) is 11.9. The summed E-state index contributed by atoms with van der Waals surface area (Å²) >= 11 is 0. The van der Waals surface area contributed by atoms with Crippen LogP contribution in [0.4, 0.5) is 13.2 Å². The van der Waals surface area contributed by atoms with Gasteiger partial charge >= 0.3 is 6.18 Å². The minimum Gasteiger partial charge on any atom is -0.170 e. The predicted molar refractivity (Wildman–Crippen MR) is 50.5 cm³/mol. The van der Waals surface area contributed by atoms with Crippen molar-refractivity contribution in [1.29, 1.82) is 5.26 Å². The zero-order valence-corrected chi connectivity index (χ0v) is 8.21. The molecule has 0 aliphatic carbocycles. The summed E-state index contributed by atoms with van der Waals surface area (Å²) in [6.07, 6.45) is -2.88. The van der Waals surface area contributed by atoms with Gasteiger partial charge in [-0.05, 0) is 13.0 Å². The quantitative estimate of drug-likeness (QED) is 0.691. The molecule has 2 rings (SSSR count). The molecular formula is C10H6F3N3. The summed E-state index contributed by atoms with van der Waals surface area (Å²) in [6.45, 7) is 1.57. The van der Waals surface area contributed by atoms with Crippen LogP contribution in [-0.4, -0.2) is 9.78 Å². The largest absolute Gasteiger partial charge is 0.418 e. The normalized spacial score (nSPS) is 11.7. The van der Waals surface area contributed by atoms with Crippen LogP contribution in [0.5, 0.6) is 0 Å². The van der Waals surface area contributed by atoms with Crippen LogP contribution in [0, 0.1) is 18.4 Å². The highest BCUT2D eigenvalue weighted by atomic mass is 19.4. The number of halogens is 3. The minimum atomic E-state index is -4.49. The number of nitriles is 1. The van der Waals surface area contributed by atoms with Gasteiger partial charge < -0.3 is 0 Å². The fraction of sp³-hybridized carbons (Fsp3) is 0.200. The number of benzene rings is 1. The van der Waals surface area contributed by atoms with Crippen LogP contribution in [0.15, 0.2) is 18.2 Å². The Morgan fingerprint density at radius 1 is 1.38 bits per heavy atom. The van der Waals surface area contributed by atoms with E-state index in [4.69, 9.17) is 5.26 Å². The van der Waals surface area contributed by atoms with Crippen LogP contribution in [0.2, 0.25) is 0 Å². The Bertz CT molecular complexity index is 590. The van der Waals surface area contributed by atoms with E-state index in [1.54, 1.807) is 13.1 Å². The molecular weight excluding hydrogens is 219 g/mol. The van der Waals surface area contributed by atoms with E-state index in [-0.39, 0.29) is 5.52 Å². The molecule has 0 saturated heterocycles. The van der Waals surface area contributed by atoms with Gasteiger partial charge in [0.1, 0.15) is 0 Å². The molecule has 0 aliphatic heterocycles. The van der Waals surface area contributed by atoms with Gasteiger partial charge in [-0.2, -0.15) is 28.2 Å². The highest BCUT2D eigenvalue weighted by molar-refractivity contribution is 5.85. The maximum Gasteiger partial charge on any atom is 0.418 e. The first-order chi connectivity index (χ1) is 7.45. The topological polar surface area (TPSA) is 41.6 Å². The van der Waals surface area contributed by atoms with Gasteiger partial charge in [-0.15, -0.1) is 0 Å². The van der Waals surface area contributed by atoms with E-state index in [1.165, 1.54) is 12.1 Å². The SMILES string of the molecule is Cc1nn(C#N)c2c(C(F)(F)F)cccc12. The van der Waals surface area contributed by atoms with Crippen molar-refractivity contribution < 1.29 is 13.2 Å². The monoisotopic (exact) mass is 225 g/mol. The molecule has 3 nitrogen and oxygen atoms in total. The van der Waals surface area contributed by atoms with E-state index < -0.39 is 11.7 Å². The van der Waals surface area contributed by atoms with E-state index >= 15 is 0 Å². The third-order valence-electron chi connectivity index (χ3n) is 2.29. The molecule has 0 amide bonds. The van der Waals surface area contributed by atoms with Gasteiger partial charge in [0.25, 0.3) is 0 Å². The first-order valence-corrected chi connectivity index (χ1v) is 4.41. The average molecular weight is 225 g/mol. The van der Waals surface area contributed by atoms with E-state index in [2.05, 4.69) is 5.10 Å². The van der Waals surface area contributed by atoms with E-state index in [9.17, 15) is 13.2 Å². The van der Waals surface area contributed by atoms with Crippen LogP contribution < -0.4 is 0 Å². The average Bonchev–Trinajstić information content (AvgIpc) is 2.54. The molecule has 0 radical (unpaired) electrons. The van der Waals surface area contributed by atoms with Gasteiger partial charge in [-0.3, -0.25) is 0 Å². The van der Waals surface area contributed by atoms with Crippen molar-refractivity contribution in [2.45, 2.75) is 13.1 Å². The second kappa shape index (κ2) is 3.23. The van der Waals surface area contributed by atoms with Crippen molar-refractivity contribution in [1.82, 2.24) is 9.78 Å². The van der Waals surface area contributed by atoms with Crippen LogP contribution in [0.1, 0.15) is 11.3 Å². The molecule has 2 aromatic rings. The molecule has 0 spiro atoms. The number of hydrogen-bond acceptors (Lipinski definition) is 2. The molecule has 1 aromatic carbocycles. The molecule has 16 heavy (non-hydrogen) atoms. The van der Waals surface area contributed by atoms with Crippen LogP contribution >= 0.6 is 0 Å². The molecule has 0 saturated carbocycles. The Balaban J connectivity index is 2.92. The molecule has 1 heterocycles. The lowest BCUT2D eigenvalue weighted by atomic mass is 10.1. The molecule has 0 bridgehead atoms. The highest BCUT2D eigenvalue weighted by Gasteiger charge is 2.34. The lowest BCUT2D eigenvalue weighted by Gasteiger charge is -2.07. The number of hydrogen-bond donors (Lipinski definition) is 0. The summed E-state index contributed by atoms with van der Waals surface area (Å²) in [5, 5.41) is 12.8. The number of alkyl halides is 3. The van der Waals surface area contributed by atoms with Gasteiger partial charge in [0.15, 0.2) is 0 Å². The van der Waals surface area contributed by atoms with Crippen molar-refractivity contribution >= 4 is 10.9 Å². The van der Waals surface area contributed by atoms with Gasteiger partial charge in [-0.1, -0.05) is 12.1 Å². The Morgan fingerprint density at radius 3 is 2.62 bits per heavy atom. The third-order valence-corrected chi connectivity index (χ3v) is 2.29. The van der Waals surface area contributed by atoms with Crippen LogP contribution in [-0.2, 0) is 6.18 Å². The van der Waals surface area contributed by atoms with Crippen molar-refractivity contribution in [2.24, 2.45) is 0 Å². The van der Waals surface area contributed by atoms with Crippen molar-refractivity contribution in [3.05, 3.63) is 29.5 Å². The molecule has 0 atom stereocenters. The molecule has 1 aromatic heterocycles. The number of rotatable bonds is 0. The Kier molecular flexibility index (Phi) is 2.12. The summed E-state index contributed by atoms with van der Waals surface area (Å²) in [6, 6.07) is 3.76. The molecule has 82 valence electrons. The second-order valence-electron chi connectivity index (χ2n) is 3.30. The van der Waals surface area contributed by atoms with Crippen LogP contribution in [0.25, 0.3) is 10.9 Å². The van der Waals surface area contributed by atoms with Gasteiger partial charge in [0, 0.05) is 5.39 Å². The van der Waals surface area contributed by atoms with Crippen molar-refractivity contribution in [2.75, 3.05) is 0 Å². The number of fused-ring (bicyclic) bond motifs is 1. The molecule has 0 fully saturated rings. The van der Waals surface area contributed by atoms with Crippen LogP contribution in [0.3, 0.4) is 0 Å². The number of nitrogens with zero attached hydrogens (tertiary/aromatic N) is 3. The predicted octanol–water partition coefficient (Wildman–Crippen LogP) is 2.69. The first-order valence-electron chi connectivity index (χ1n) is 4.41. The molecule has 0 unspecified atom stereocenters. The highest BCUT2D eigenvalue weighted by Crippen LogP contribution is 2.35. The smallest absolute Gasteiger partial charge is 0.170 e. The van der Waals surface area contributed by atoms with Gasteiger partial charge in [0.2, 0.25) is 6.19 Å². The third kappa shape index (κ3) is 1.41. The standard InChI is InChI=1S/C10H6F3N3/c1-6-7-3-2-4-8(10(11,12)13)9(7)16(5-14)15-6/h2-4H,1H3. The molecule has 0 N–H and O–H groups in total. The summed E-state index contributed by atoms with van der Waals surface area (Å²) in [4.78, 5) is 0. The fourth-order valence-corrected chi connectivity index (χ4v) is 1.62. The summed E-state index contributed by atoms with van der Waals surface area (Å²) < 4.78 is 38.8. The lowest BCUT2D eigenvalue weighted by molar-refractivity contribution is -0.136. The van der Waals surface area contributed by atoms with Gasteiger partial charge in [-0.25, -0.2) is 0 Å². The molecule has 0 aliphatic rings. The van der Waals surface area contributed by atoms with Crippen molar-refractivity contribution in [3.63, 3.8) is 0 Å². The maximum atomic E-state index is 12.7. The number of aromatic nitrogens is 2. The fourth-order valence-electron chi connectivity index (χ4n) is 1.62. The Morgan fingerprint density at radius 2 is 2.06 bits per heavy atom. The summed E-state index contributed by atoms with van der Waals surface area (Å²) in [5.74, 6) is 0. The Hall–Kier alpha value is -2.03. The minimum absolute atomic E-state index is 0.185. The van der Waals surface area contributed by atoms with Crippen molar-refractivity contribution in [3.8, 4) is 6.19 Å². The van der Waals surface area contributed by atoms with Gasteiger partial charge in [0.05, 0.1) is 16.8 Å². The summed E-state index contributed by atoms with van der Waals surface area (Å²) in [5.41, 5.74) is -0.621. The Labute approximate surface area is 88.7 Å². The maximum absolute atomic E-state index is 12.7. The molecule has 6 heteroatoms. The first kappa shape index (κ1) is 10.5. The van der Waals surface area contributed by atoms with E-state index in [1.807, 2.05) is 0 Å². The van der Waals surface area contributed by atoms with E-state index in [0.717, 1.165) is 6.07 Å². The number of para-hydroxylation sites is 1. The second-order valence-corrected chi connectivity index (χ2v) is 3.30. The number of aryl methyl sites for hydroxylation is 1. The zero-order valence-electron chi connectivity index (χ0n) is 8.21. The summed E-state index contributed by atoms with van der Waals surface area (Å²) in [7, 11) is 0.